The van der Waals surface area contributed by atoms with E-state index in [4.69, 9.17) is 0 Å². The molecule has 1 saturated carbocycles. The predicted molar refractivity (Wildman–Crippen MR) is 67.2 cm³/mol. The monoisotopic (exact) mass is 283 g/mol. The van der Waals surface area contributed by atoms with E-state index in [1.807, 2.05) is 0 Å². The SMILES string of the molecule is COC(=O)C(N=O)c1ccc(S(=O)(=O)C2CC2)cc1. The van der Waals surface area contributed by atoms with Crippen LogP contribution in [0.3, 0.4) is 0 Å². The minimum atomic E-state index is -3.27. The highest BCUT2D eigenvalue weighted by Crippen LogP contribution is 2.34. The number of carbonyl (C=O) groups is 1. The van der Waals surface area contributed by atoms with Crippen LogP contribution in [-0.4, -0.2) is 26.7 Å². The average Bonchev–Trinajstić information content (AvgIpc) is 3.24. The van der Waals surface area contributed by atoms with Crippen LogP contribution in [0.1, 0.15) is 24.4 Å². The maximum atomic E-state index is 12.0. The minimum absolute atomic E-state index is 0.202. The highest BCUT2D eigenvalue weighted by molar-refractivity contribution is 7.92. The van der Waals surface area contributed by atoms with Crippen molar-refractivity contribution in [2.24, 2.45) is 5.18 Å². The maximum absolute atomic E-state index is 12.0. The molecule has 0 aliphatic heterocycles. The van der Waals surface area contributed by atoms with Crippen molar-refractivity contribution in [2.45, 2.75) is 29.0 Å². The molecule has 0 radical (unpaired) electrons. The lowest BCUT2D eigenvalue weighted by Gasteiger charge is -2.08. The molecule has 7 heteroatoms. The molecule has 102 valence electrons. The first kappa shape index (κ1) is 13.7. The van der Waals surface area contributed by atoms with Crippen molar-refractivity contribution in [3.05, 3.63) is 34.7 Å². The van der Waals surface area contributed by atoms with Crippen LogP contribution < -0.4 is 0 Å². The number of benzene rings is 1. The molecule has 19 heavy (non-hydrogen) atoms. The third kappa shape index (κ3) is 2.65. The molecule has 1 aliphatic carbocycles. The number of hydrogen-bond donors (Lipinski definition) is 0. The van der Waals surface area contributed by atoms with E-state index in [9.17, 15) is 18.1 Å². The number of nitrogens with zero attached hydrogens (tertiary/aromatic N) is 1. The van der Waals surface area contributed by atoms with Crippen molar-refractivity contribution in [2.75, 3.05) is 7.11 Å². The van der Waals surface area contributed by atoms with Gasteiger partial charge in [0.2, 0.25) is 6.04 Å². The van der Waals surface area contributed by atoms with Gasteiger partial charge in [0, 0.05) is 0 Å². The van der Waals surface area contributed by atoms with Crippen LogP contribution in [0.25, 0.3) is 0 Å². The summed E-state index contributed by atoms with van der Waals surface area (Å²) in [6.45, 7) is 0. The number of rotatable bonds is 5. The van der Waals surface area contributed by atoms with Gasteiger partial charge in [-0.15, -0.1) is 4.91 Å². The molecule has 0 heterocycles. The summed E-state index contributed by atoms with van der Waals surface area (Å²) in [5, 5.41) is 2.40. The molecule has 1 aromatic carbocycles. The molecule has 2 rings (SSSR count). The molecule has 0 saturated heterocycles. The molecule has 0 spiro atoms. The predicted octanol–water partition coefficient (Wildman–Crippen LogP) is 1.60. The number of carbonyl (C=O) groups excluding carboxylic acids is 1. The maximum Gasteiger partial charge on any atom is 0.338 e. The van der Waals surface area contributed by atoms with E-state index in [0.29, 0.717) is 18.4 Å². The van der Waals surface area contributed by atoms with Crippen LogP contribution >= 0.6 is 0 Å². The lowest BCUT2D eigenvalue weighted by Crippen LogP contribution is -2.12. The first-order valence-corrected chi connectivity index (χ1v) is 7.29. The van der Waals surface area contributed by atoms with Crippen LogP contribution in [0.2, 0.25) is 0 Å². The third-order valence-electron chi connectivity index (χ3n) is 3.02. The fraction of sp³-hybridized carbons (Fsp3) is 0.417. The second kappa shape index (κ2) is 5.08. The zero-order chi connectivity index (χ0) is 14.0. The van der Waals surface area contributed by atoms with E-state index >= 15 is 0 Å². The Balaban J connectivity index is 2.27. The molecule has 1 aliphatic rings. The van der Waals surface area contributed by atoms with Crippen LogP contribution in [0, 0.1) is 4.91 Å². The first-order chi connectivity index (χ1) is 9.00. The lowest BCUT2D eigenvalue weighted by molar-refractivity contribution is -0.142. The molecular formula is C12H13NO5S. The van der Waals surface area contributed by atoms with Crippen LogP contribution in [0.15, 0.2) is 34.3 Å². The zero-order valence-corrected chi connectivity index (χ0v) is 11.1. The van der Waals surface area contributed by atoms with Crippen molar-refractivity contribution in [1.82, 2.24) is 0 Å². The van der Waals surface area contributed by atoms with Crippen molar-refractivity contribution >= 4 is 15.8 Å². The Kier molecular flexibility index (Phi) is 3.66. The Morgan fingerprint density at radius 2 is 1.89 bits per heavy atom. The minimum Gasteiger partial charge on any atom is -0.467 e. The quantitative estimate of drug-likeness (QED) is 0.604. The fourth-order valence-corrected chi connectivity index (χ4v) is 3.42. The largest absolute Gasteiger partial charge is 0.467 e. The summed E-state index contributed by atoms with van der Waals surface area (Å²) in [6.07, 6.45) is 1.37. The van der Waals surface area contributed by atoms with Crippen LogP contribution in [-0.2, 0) is 19.4 Å². The molecule has 1 fully saturated rings. The normalized spacial score (nSPS) is 16.7. The first-order valence-electron chi connectivity index (χ1n) is 5.75. The molecule has 0 amide bonds. The van der Waals surface area contributed by atoms with Gasteiger partial charge in [0.05, 0.1) is 17.3 Å². The summed E-state index contributed by atoms with van der Waals surface area (Å²) >= 11 is 0. The van der Waals surface area contributed by atoms with Gasteiger partial charge in [-0.05, 0) is 35.7 Å². The second-order valence-corrected chi connectivity index (χ2v) is 6.57. The van der Waals surface area contributed by atoms with Gasteiger partial charge in [-0.1, -0.05) is 12.1 Å². The Morgan fingerprint density at radius 1 is 1.32 bits per heavy atom. The van der Waals surface area contributed by atoms with Crippen molar-refractivity contribution in [3.63, 3.8) is 0 Å². The van der Waals surface area contributed by atoms with E-state index < -0.39 is 21.8 Å². The Hall–Kier alpha value is -1.76. The van der Waals surface area contributed by atoms with Gasteiger partial charge in [0.25, 0.3) is 0 Å². The molecule has 1 unspecified atom stereocenters. The van der Waals surface area contributed by atoms with E-state index in [1.165, 1.54) is 24.3 Å². The number of esters is 1. The summed E-state index contributed by atoms with van der Waals surface area (Å²) in [6, 6.07) is 4.35. The Morgan fingerprint density at radius 3 is 2.32 bits per heavy atom. The Labute approximate surface area is 110 Å². The number of nitroso groups, excluding NO2 is 1. The molecule has 0 bridgehead atoms. The molecule has 0 N–H and O–H groups in total. The Bertz CT molecular complexity index is 589. The van der Waals surface area contributed by atoms with E-state index in [1.54, 1.807) is 0 Å². The zero-order valence-electron chi connectivity index (χ0n) is 10.3. The van der Waals surface area contributed by atoms with E-state index in [-0.39, 0.29) is 10.1 Å². The van der Waals surface area contributed by atoms with Gasteiger partial charge in [-0.25, -0.2) is 13.2 Å². The molecule has 6 nitrogen and oxygen atoms in total. The summed E-state index contributed by atoms with van der Waals surface area (Å²) in [4.78, 5) is 22.1. The second-order valence-electron chi connectivity index (χ2n) is 4.34. The third-order valence-corrected chi connectivity index (χ3v) is 5.30. The van der Waals surface area contributed by atoms with Gasteiger partial charge >= 0.3 is 5.97 Å². The number of ether oxygens (including phenoxy) is 1. The summed E-state index contributed by atoms with van der Waals surface area (Å²) in [7, 11) is -2.11. The molecule has 0 aromatic heterocycles. The summed E-state index contributed by atoms with van der Waals surface area (Å²) in [5.74, 6) is -0.771. The topological polar surface area (TPSA) is 89.9 Å². The van der Waals surface area contributed by atoms with Crippen molar-refractivity contribution in [1.29, 1.82) is 0 Å². The number of hydrogen-bond acceptors (Lipinski definition) is 6. The van der Waals surface area contributed by atoms with Gasteiger partial charge in [0.15, 0.2) is 9.84 Å². The molecule has 1 aromatic rings. The fourth-order valence-electron chi connectivity index (χ4n) is 1.76. The van der Waals surface area contributed by atoms with Gasteiger partial charge in [-0.2, -0.15) is 0 Å². The highest BCUT2D eigenvalue weighted by Gasteiger charge is 2.36. The number of sulfone groups is 1. The van der Waals surface area contributed by atoms with Gasteiger partial charge in [-0.3, -0.25) is 0 Å². The summed E-state index contributed by atoms with van der Waals surface area (Å²) in [5.41, 5.74) is 0.316. The highest BCUT2D eigenvalue weighted by atomic mass is 32.2. The van der Waals surface area contributed by atoms with Crippen LogP contribution in [0.5, 0.6) is 0 Å². The van der Waals surface area contributed by atoms with Crippen LogP contribution in [0.4, 0.5) is 0 Å². The standard InChI is InChI=1S/C12H13NO5S/c1-18-12(14)11(13-15)8-2-4-9(5-3-8)19(16,17)10-6-7-10/h2-5,10-11H,6-7H2,1H3. The number of methoxy groups -OCH3 is 1. The van der Waals surface area contributed by atoms with Crippen molar-refractivity contribution in [3.8, 4) is 0 Å². The molecule has 1 atom stereocenters. The van der Waals surface area contributed by atoms with E-state index in [2.05, 4.69) is 9.91 Å². The van der Waals surface area contributed by atoms with Gasteiger partial charge in [0.1, 0.15) is 0 Å². The summed E-state index contributed by atoms with van der Waals surface area (Å²) < 4.78 is 28.4. The van der Waals surface area contributed by atoms with E-state index in [0.717, 1.165) is 7.11 Å². The smallest absolute Gasteiger partial charge is 0.338 e. The van der Waals surface area contributed by atoms with Gasteiger partial charge < -0.3 is 4.74 Å². The average molecular weight is 283 g/mol. The lowest BCUT2D eigenvalue weighted by atomic mass is 10.1. The molecular weight excluding hydrogens is 270 g/mol. The van der Waals surface area contributed by atoms with Crippen molar-refractivity contribution < 1.29 is 17.9 Å².